The molecule has 1 rings (SSSR count). The number of aliphatic hydroxyl groups is 4. The zero-order valence-electron chi connectivity index (χ0n) is 9.60. The van der Waals surface area contributed by atoms with E-state index in [4.69, 9.17) is 9.84 Å². The van der Waals surface area contributed by atoms with E-state index in [-0.39, 0.29) is 6.61 Å². The Morgan fingerprint density at radius 2 is 2.06 bits per heavy atom. The topological polar surface area (TPSA) is 128 Å². The smallest absolute Gasteiger partial charge is 0.407 e. The van der Waals surface area contributed by atoms with E-state index in [1.807, 2.05) is 0 Å². The van der Waals surface area contributed by atoms with Crippen LogP contribution in [0.5, 0.6) is 0 Å². The second-order valence-corrected chi connectivity index (χ2v) is 3.79. The van der Waals surface area contributed by atoms with Gasteiger partial charge in [0, 0.05) is 0 Å². The molecule has 1 fully saturated rings. The fraction of sp³-hybridized carbons (Fsp3) is 0.700. The number of nitrogens with one attached hydrogen (secondary N) is 1. The van der Waals surface area contributed by atoms with Gasteiger partial charge in [-0.1, -0.05) is 12.7 Å². The molecule has 1 aliphatic heterocycles. The fourth-order valence-electron chi connectivity index (χ4n) is 1.57. The SMILES string of the molecule is C=CCOC(=O)N[C@H]1C(O)O[C@H](CO)[C@H](O)[C@@H]1O. The Morgan fingerprint density at radius 1 is 1.39 bits per heavy atom. The van der Waals surface area contributed by atoms with Gasteiger partial charge in [-0.3, -0.25) is 0 Å². The van der Waals surface area contributed by atoms with E-state index in [1.54, 1.807) is 0 Å². The Bertz CT molecular complexity index is 298. The second-order valence-electron chi connectivity index (χ2n) is 3.79. The summed E-state index contributed by atoms with van der Waals surface area (Å²) in [6, 6.07) is -1.25. The Morgan fingerprint density at radius 3 is 2.61 bits per heavy atom. The summed E-state index contributed by atoms with van der Waals surface area (Å²) in [5.41, 5.74) is 0. The number of amides is 1. The van der Waals surface area contributed by atoms with Crippen molar-refractivity contribution in [1.82, 2.24) is 5.32 Å². The summed E-state index contributed by atoms with van der Waals surface area (Å²) in [6.07, 6.45) is -5.13. The predicted molar refractivity (Wildman–Crippen MR) is 58.4 cm³/mol. The quantitative estimate of drug-likeness (QED) is 0.361. The summed E-state index contributed by atoms with van der Waals surface area (Å²) in [5.74, 6) is 0. The van der Waals surface area contributed by atoms with E-state index in [0.717, 1.165) is 0 Å². The van der Waals surface area contributed by atoms with Crippen molar-refractivity contribution >= 4 is 6.09 Å². The lowest BCUT2D eigenvalue weighted by atomic mass is 9.97. The zero-order chi connectivity index (χ0) is 13.7. The molecule has 0 aromatic heterocycles. The van der Waals surface area contributed by atoms with Crippen LogP contribution in [-0.2, 0) is 9.47 Å². The molecule has 0 bridgehead atoms. The van der Waals surface area contributed by atoms with Crippen LogP contribution in [0.3, 0.4) is 0 Å². The molecule has 0 radical (unpaired) electrons. The molecule has 1 saturated heterocycles. The number of carbonyl (C=O) groups is 1. The normalized spacial score (nSPS) is 35.9. The van der Waals surface area contributed by atoms with Gasteiger partial charge < -0.3 is 35.2 Å². The Hall–Kier alpha value is -1.19. The van der Waals surface area contributed by atoms with E-state index in [2.05, 4.69) is 16.6 Å². The lowest BCUT2D eigenvalue weighted by molar-refractivity contribution is -0.253. The van der Waals surface area contributed by atoms with Gasteiger partial charge in [-0.05, 0) is 0 Å². The van der Waals surface area contributed by atoms with Crippen molar-refractivity contribution in [2.75, 3.05) is 13.2 Å². The van der Waals surface area contributed by atoms with Gasteiger partial charge in [0.05, 0.1) is 6.61 Å². The molecule has 0 spiro atoms. The summed E-state index contributed by atoms with van der Waals surface area (Å²) >= 11 is 0. The maximum absolute atomic E-state index is 11.2. The number of ether oxygens (including phenoxy) is 2. The highest BCUT2D eigenvalue weighted by molar-refractivity contribution is 5.67. The van der Waals surface area contributed by atoms with Crippen molar-refractivity contribution in [3.63, 3.8) is 0 Å². The maximum Gasteiger partial charge on any atom is 0.407 e. The van der Waals surface area contributed by atoms with Crippen LogP contribution in [0.15, 0.2) is 12.7 Å². The molecular formula is C10H17NO7. The van der Waals surface area contributed by atoms with Gasteiger partial charge in [0.1, 0.15) is 31.0 Å². The molecular weight excluding hydrogens is 246 g/mol. The number of hydrogen-bond acceptors (Lipinski definition) is 7. The molecule has 1 heterocycles. The van der Waals surface area contributed by atoms with Gasteiger partial charge in [-0.2, -0.15) is 0 Å². The van der Waals surface area contributed by atoms with E-state index in [0.29, 0.717) is 0 Å². The highest BCUT2D eigenvalue weighted by atomic mass is 16.6. The van der Waals surface area contributed by atoms with Gasteiger partial charge in [-0.15, -0.1) is 0 Å². The highest BCUT2D eigenvalue weighted by Gasteiger charge is 2.44. The third-order valence-electron chi connectivity index (χ3n) is 2.52. The number of carbonyl (C=O) groups excluding carboxylic acids is 1. The molecule has 1 aliphatic rings. The highest BCUT2D eigenvalue weighted by Crippen LogP contribution is 2.19. The van der Waals surface area contributed by atoms with Crippen LogP contribution in [0, 0.1) is 0 Å². The van der Waals surface area contributed by atoms with Crippen LogP contribution in [0.25, 0.3) is 0 Å². The summed E-state index contributed by atoms with van der Waals surface area (Å²) in [5, 5.41) is 39.8. The van der Waals surface area contributed by atoms with Crippen molar-refractivity contribution in [3.05, 3.63) is 12.7 Å². The molecule has 1 unspecified atom stereocenters. The zero-order valence-corrected chi connectivity index (χ0v) is 9.60. The number of rotatable bonds is 4. The van der Waals surface area contributed by atoms with Gasteiger partial charge in [-0.25, -0.2) is 4.79 Å². The summed E-state index contributed by atoms with van der Waals surface area (Å²) in [6.45, 7) is 2.75. The largest absolute Gasteiger partial charge is 0.445 e. The lowest BCUT2D eigenvalue weighted by Gasteiger charge is -2.39. The van der Waals surface area contributed by atoms with Gasteiger partial charge in [0.2, 0.25) is 0 Å². The van der Waals surface area contributed by atoms with Crippen LogP contribution >= 0.6 is 0 Å². The standard InChI is InChI=1S/C10H17NO7/c1-2-3-17-10(16)11-6-8(14)7(13)5(4-12)18-9(6)15/h2,5-9,12-15H,1,3-4H2,(H,11,16)/t5-,6-,7+,8-,9?/m1/s1. The molecule has 1 amide bonds. The van der Waals surface area contributed by atoms with E-state index < -0.39 is 43.3 Å². The number of aliphatic hydroxyl groups excluding tert-OH is 4. The molecule has 0 aliphatic carbocycles. The second kappa shape index (κ2) is 6.66. The van der Waals surface area contributed by atoms with E-state index >= 15 is 0 Å². The van der Waals surface area contributed by atoms with E-state index in [9.17, 15) is 20.1 Å². The molecule has 8 heteroatoms. The summed E-state index contributed by atoms with van der Waals surface area (Å²) < 4.78 is 9.44. The molecule has 0 aromatic carbocycles. The van der Waals surface area contributed by atoms with Crippen molar-refractivity contribution in [3.8, 4) is 0 Å². The van der Waals surface area contributed by atoms with Crippen LogP contribution in [-0.4, -0.2) is 70.4 Å². The molecule has 18 heavy (non-hydrogen) atoms. The third kappa shape index (κ3) is 3.40. The Balaban J connectivity index is 2.59. The van der Waals surface area contributed by atoms with Gasteiger partial charge in [0.25, 0.3) is 0 Å². The van der Waals surface area contributed by atoms with Crippen LogP contribution < -0.4 is 5.32 Å². The first-order valence-corrected chi connectivity index (χ1v) is 5.36. The third-order valence-corrected chi connectivity index (χ3v) is 2.52. The van der Waals surface area contributed by atoms with Crippen molar-refractivity contribution < 1.29 is 34.7 Å². The van der Waals surface area contributed by atoms with Gasteiger partial charge >= 0.3 is 6.09 Å². The number of alkyl carbamates (subject to hydrolysis) is 1. The molecule has 0 saturated carbocycles. The Kier molecular flexibility index (Phi) is 5.51. The monoisotopic (exact) mass is 263 g/mol. The molecule has 8 nitrogen and oxygen atoms in total. The summed E-state index contributed by atoms with van der Waals surface area (Å²) in [4.78, 5) is 11.2. The average molecular weight is 263 g/mol. The molecule has 0 aromatic rings. The summed E-state index contributed by atoms with van der Waals surface area (Å²) in [7, 11) is 0. The number of hydrogen-bond donors (Lipinski definition) is 5. The van der Waals surface area contributed by atoms with Gasteiger partial charge in [0.15, 0.2) is 6.29 Å². The minimum absolute atomic E-state index is 0.0343. The van der Waals surface area contributed by atoms with E-state index in [1.165, 1.54) is 6.08 Å². The Labute approximate surface area is 103 Å². The molecule has 5 atom stereocenters. The maximum atomic E-state index is 11.2. The van der Waals surface area contributed by atoms with Crippen molar-refractivity contribution in [2.24, 2.45) is 0 Å². The lowest BCUT2D eigenvalue weighted by Crippen LogP contribution is -2.64. The predicted octanol–water partition coefficient (Wildman–Crippen LogP) is -2.30. The average Bonchev–Trinajstić information content (AvgIpc) is 2.36. The van der Waals surface area contributed by atoms with Crippen molar-refractivity contribution in [2.45, 2.75) is 30.6 Å². The van der Waals surface area contributed by atoms with Crippen molar-refractivity contribution in [1.29, 1.82) is 0 Å². The van der Waals surface area contributed by atoms with Crippen LogP contribution in [0.2, 0.25) is 0 Å². The first-order valence-electron chi connectivity index (χ1n) is 5.36. The molecule has 104 valence electrons. The molecule has 5 N–H and O–H groups in total. The first kappa shape index (κ1) is 14.9. The fourth-order valence-corrected chi connectivity index (χ4v) is 1.57. The minimum atomic E-state index is -1.56. The first-order chi connectivity index (χ1) is 8.51. The van der Waals surface area contributed by atoms with Crippen LogP contribution in [0.4, 0.5) is 4.79 Å². The van der Waals surface area contributed by atoms with Crippen LogP contribution in [0.1, 0.15) is 0 Å². The minimum Gasteiger partial charge on any atom is -0.445 e.